The van der Waals surface area contributed by atoms with Crippen molar-refractivity contribution in [2.24, 2.45) is 0 Å². The highest BCUT2D eigenvalue weighted by Gasteiger charge is 2.21. The fourth-order valence-electron chi connectivity index (χ4n) is 3.35. The number of carbonyl (C=O) groups is 2. The van der Waals surface area contributed by atoms with Gasteiger partial charge in [-0.25, -0.2) is 0 Å². The maximum atomic E-state index is 13.6. The van der Waals surface area contributed by atoms with E-state index in [9.17, 15) is 9.59 Å². The summed E-state index contributed by atoms with van der Waals surface area (Å²) in [6, 6.07) is 30.0. The lowest BCUT2D eigenvalue weighted by Crippen LogP contribution is -2.31. The van der Waals surface area contributed by atoms with E-state index in [1.165, 1.54) is 6.26 Å². The summed E-state index contributed by atoms with van der Waals surface area (Å²) in [5.74, 6) is -0.376. The van der Waals surface area contributed by atoms with Gasteiger partial charge in [-0.1, -0.05) is 72.8 Å². The summed E-state index contributed by atoms with van der Waals surface area (Å²) < 4.78 is 5.17. The third kappa shape index (κ3) is 5.08. The molecule has 0 saturated heterocycles. The van der Waals surface area contributed by atoms with E-state index in [2.05, 4.69) is 5.32 Å². The summed E-state index contributed by atoms with van der Waals surface area (Å²) in [4.78, 5) is 27.8. The summed E-state index contributed by atoms with van der Waals surface area (Å²) >= 11 is 0. The molecule has 0 radical (unpaired) electrons. The first-order valence-electron chi connectivity index (χ1n) is 10.0. The molecule has 31 heavy (non-hydrogen) atoms. The van der Waals surface area contributed by atoms with Crippen molar-refractivity contribution in [2.45, 2.75) is 13.1 Å². The molecule has 5 nitrogen and oxygen atoms in total. The van der Waals surface area contributed by atoms with Gasteiger partial charge in [0.05, 0.1) is 17.5 Å². The molecule has 0 atom stereocenters. The highest BCUT2D eigenvalue weighted by atomic mass is 16.3. The summed E-state index contributed by atoms with van der Waals surface area (Å²) in [6.45, 7) is 0.907. The molecule has 0 fully saturated rings. The number of amides is 2. The minimum atomic E-state index is -0.400. The van der Waals surface area contributed by atoms with Gasteiger partial charge in [0.1, 0.15) is 0 Å². The van der Waals surface area contributed by atoms with Crippen LogP contribution in [-0.2, 0) is 13.1 Å². The van der Waals surface area contributed by atoms with Crippen molar-refractivity contribution in [3.05, 3.63) is 126 Å². The third-order valence-corrected chi connectivity index (χ3v) is 4.87. The Hall–Kier alpha value is -4.12. The van der Waals surface area contributed by atoms with Crippen molar-refractivity contribution in [2.75, 3.05) is 5.32 Å². The number of hydrogen-bond acceptors (Lipinski definition) is 3. The second-order valence-electron chi connectivity index (χ2n) is 7.11. The zero-order valence-corrected chi connectivity index (χ0v) is 16.9. The molecule has 154 valence electrons. The molecule has 0 bridgehead atoms. The summed E-state index contributed by atoms with van der Waals surface area (Å²) in [6.07, 6.45) is 1.44. The number of anilines is 1. The minimum absolute atomic E-state index is 0.164. The summed E-state index contributed by atoms with van der Waals surface area (Å²) in [5, 5.41) is 2.80. The molecule has 0 aliphatic rings. The standard InChI is InChI=1S/C26H22N2O3/c29-25(24-16-9-17-31-24)27-23-15-8-7-14-22(23)26(30)28(18-20-10-3-1-4-11-20)19-21-12-5-2-6-13-21/h1-17H,18-19H2,(H,27,29). The number of hydrogen-bond donors (Lipinski definition) is 1. The molecule has 0 spiro atoms. The first-order valence-corrected chi connectivity index (χ1v) is 10.0. The lowest BCUT2D eigenvalue weighted by molar-refractivity contribution is 0.0731. The lowest BCUT2D eigenvalue weighted by Gasteiger charge is -2.24. The predicted octanol–water partition coefficient (Wildman–Crippen LogP) is 5.37. The Morgan fingerprint density at radius 1 is 0.710 bits per heavy atom. The SMILES string of the molecule is O=C(Nc1ccccc1C(=O)N(Cc1ccccc1)Cc1ccccc1)c1ccco1. The Morgan fingerprint density at radius 2 is 1.29 bits per heavy atom. The van der Waals surface area contributed by atoms with Crippen molar-refractivity contribution in [3.8, 4) is 0 Å². The highest BCUT2D eigenvalue weighted by Crippen LogP contribution is 2.21. The monoisotopic (exact) mass is 410 g/mol. The number of rotatable bonds is 7. The minimum Gasteiger partial charge on any atom is -0.459 e. The van der Waals surface area contributed by atoms with Gasteiger partial charge >= 0.3 is 0 Å². The summed E-state index contributed by atoms with van der Waals surface area (Å²) in [7, 11) is 0. The topological polar surface area (TPSA) is 62.6 Å². The number of benzene rings is 3. The molecule has 1 aromatic heterocycles. The van der Waals surface area contributed by atoms with Gasteiger partial charge in [-0.15, -0.1) is 0 Å². The van der Waals surface area contributed by atoms with E-state index in [0.717, 1.165) is 11.1 Å². The Labute approximate surface area is 180 Å². The molecule has 4 aromatic rings. The number of nitrogens with one attached hydrogen (secondary N) is 1. The van der Waals surface area contributed by atoms with Gasteiger partial charge in [-0.2, -0.15) is 0 Å². The van der Waals surface area contributed by atoms with Crippen molar-refractivity contribution >= 4 is 17.5 Å². The van der Waals surface area contributed by atoms with Crippen LogP contribution in [0.4, 0.5) is 5.69 Å². The van der Waals surface area contributed by atoms with E-state index in [4.69, 9.17) is 4.42 Å². The van der Waals surface area contributed by atoms with Gasteiger partial charge in [-0.05, 0) is 35.4 Å². The van der Waals surface area contributed by atoms with E-state index in [1.54, 1.807) is 41.3 Å². The summed E-state index contributed by atoms with van der Waals surface area (Å²) in [5.41, 5.74) is 2.93. The van der Waals surface area contributed by atoms with Crippen LogP contribution in [-0.4, -0.2) is 16.7 Å². The molecule has 1 heterocycles. The maximum absolute atomic E-state index is 13.6. The van der Waals surface area contributed by atoms with Crippen LogP contribution in [0.25, 0.3) is 0 Å². The first-order chi connectivity index (χ1) is 15.2. The van der Waals surface area contributed by atoms with Gasteiger partial charge in [0, 0.05) is 13.1 Å². The van der Waals surface area contributed by atoms with Crippen LogP contribution in [0.5, 0.6) is 0 Å². The Bertz CT molecular complexity index is 1100. The molecular weight excluding hydrogens is 388 g/mol. The van der Waals surface area contributed by atoms with E-state index >= 15 is 0 Å². The second-order valence-corrected chi connectivity index (χ2v) is 7.11. The van der Waals surface area contributed by atoms with Gasteiger partial charge in [0.15, 0.2) is 5.76 Å². The van der Waals surface area contributed by atoms with Crippen LogP contribution in [0.15, 0.2) is 108 Å². The van der Waals surface area contributed by atoms with Gasteiger partial charge in [0.2, 0.25) is 0 Å². The molecule has 4 rings (SSSR count). The van der Waals surface area contributed by atoms with Crippen LogP contribution in [0.2, 0.25) is 0 Å². The van der Waals surface area contributed by atoms with E-state index in [0.29, 0.717) is 24.3 Å². The fraction of sp³-hybridized carbons (Fsp3) is 0.0769. The van der Waals surface area contributed by atoms with Crippen molar-refractivity contribution < 1.29 is 14.0 Å². The lowest BCUT2D eigenvalue weighted by atomic mass is 10.1. The fourth-order valence-corrected chi connectivity index (χ4v) is 3.35. The zero-order chi connectivity index (χ0) is 21.5. The van der Waals surface area contributed by atoms with Gasteiger partial charge in [-0.3, -0.25) is 9.59 Å². The molecule has 1 N–H and O–H groups in total. The van der Waals surface area contributed by atoms with Crippen molar-refractivity contribution in [1.29, 1.82) is 0 Å². The molecule has 3 aromatic carbocycles. The molecule has 2 amide bonds. The third-order valence-electron chi connectivity index (χ3n) is 4.87. The van der Waals surface area contributed by atoms with Crippen LogP contribution in [0.3, 0.4) is 0 Å². The Kier molecular flexibility index (Phi) is 6.24. The molecular formula is C26H22N2O3. The van der Waals surface area contributed by atoms with Crippen LogP contribution >= 0.6 is 0 Å². The second kappa shape index (κ2) is 9.59. The highest BCUT2D eigenvalue weighted by molar-refractivity contribution is 6.07. The molecule has 0 aliphatic carbocycles. The van der Waals surface area contributed by atoms with Crippen LogP contribution in [0, 0.1) is 0 Å². The number of carbonyl (C=O) groups excluding carboxylic acids is 2. The number of para-hydroxylation sites is 1. The van der Waals surface area contributed by atoms with Crippen LogP contribution in [0.1, 0.15) is 32.0 Å². The van der Waals surface area contributed by atoms with Crippen molar-refractivity contribution in [1.82, 2.24) is 4.90 Å². The molecule has 0 unspecified atom stereocenters. The number of nitrogens with zero attached hydrogens (tertiary/aromatic N) is 1. The number of furan rings is 1. The Morgan fingerprint density at radius 3 is 1.87 bits per heavy atom. The smallest absolute Gasteiger partial charge is 0.291 e. The molecule has 5 heteroatoms. The molecule has 0 aliphatic heterocycles. The van der Waals surface area contributed by atoms with Crippen molar-refractivity contribution in [3.63, 3.8) is 0 Å². The molecule has 0 saturated carbocycles. The predicted molar refractivity (Wildman–Crippen MR) is 120 cm³/mol. The normalized spacial score (nSPS) is 10.5. The van der Waals surface area contributed by atoms with E-state index < -0.39 is 5.91 Å². The quantitative estimate of drug-likeness (QED) is 0.445. The van der Waals surface area contributed by atoms with Crippen LogP contribution < -0.4 is 5.32 Å². The van der Waals surface area contributed by atoms with Gasteiger partial charge < -0.3 is 14.6 Å². The average Bonchev–Trinajstić information content (AvgIpc) is 3.35. The Balaban J connectivity index is 1.62. The first kappa shape index (κ1) is 20.2. The largest absolute Gasteiger partial charge is 0.459 e. The van der Waals surface area contributed by atoms with E-state index in [-0.39, 0.29) is 11.7 Å². The van der Waals surface area contributed by atoms with Gasteiger partial charge in [0.25, 0.3) is 11.8 Å². The average molecular weight is 410 g/mol. The van der Waals surface area contributed by atoms with E-state index in [1.807, 2.05) is 60.7 Å². The maximum Gasteiger partial charge on any atom is 0.291 e. The zero-order valence-electron chi connectivity index (χ0n) is 16.9.